The van der Waals surface area contributed by atoms with Crippen LogP contribution in [0.2, 0.25) is 5.15 Å². The number of likely N-dealkylation sites (N-methyl/N-ethyl adjacent to an activating group) is 1. The van der Waals surface area contributed by atoms with E-state index in [-0.39, 0.29) is 35.4 Å². The van der Waals surface area contributed by atoms with Crippen LogP contribution >= 0.6 is 11.6 Å². The van der Waals surface area contributed by atoms with Gasteiger partial charge in [-0.25, -0.2) is 9.98 Å². The van der Waals surface area contributed by atoms with Crippen molar-refractivity contribution in [2.75, 3.05) is 13.2 Å². The van der Waals surface area contributed by atoms with Gasteiger partial charge in [0.2, 0.25) is 5.88 Å². The number of aliphatic hydroxyl groups is 1. The summed E-state index contributed by atoms with van der Waals surface area (Å²) in [7, 11) is 0. The lowest BCUT2D eigenvalue weighted by Crippen LogP contribution is -2.37. The van der Waals surface area contributed by atoms with Crippen molar-refractivity contribution < 1.29 is 23.0 Å². The minimum atomic E-state index is -4.50. The van der Waals surface area contributed by atoms with Crippen LogP contribution in [0.25, 0.3) is 5.57 Å². The Morgan fingerprint density at radius 1 is 1.26 bits per heavy atom. The minimum absolute atomic E-state index is 0.0522. The number of aliphatic hydroxyl groups excluding tert-OH is 1. The van der Waals surface area contributed by atoms with Crippen LogP contribution in [-0.2, 0) is 10.9 Å². The van der Waals surface area contributed by atoms with Gasteiger partial charge >= 0.3 is 6.18 Å². The van der Waals surface area contributed by atoms with E-state index in [1.165, 1.54) is 17.0 Å². The molecular formula is C22H21ClF3N3O2. The molecule has 2 aromatic rings. The lowest BCUT2D eigenvalue weighted by atomic mass is 9.99. The molecule has 0 radical (unpaired) electrons. The van der Waals surface area contributed by atoms with Crippen LogP contribution in [0.3, 0.4) is 0 Å². The van der Waals surface area contributed by atoms with Crippen molar-refractivity contribution in [3.8, 4) is 0 Å². The summed E-state index contributed by atoms with van der Waals surface area (Å²) in [6.45, 7) is 7.85. The predicted octanol–water partition coefficient (Wildman–Crippen LogP) is 6.01. The van der Waals surface area contributed by atoms with Gasteiger partial charge in [0.25, 0.3) is 0 Å². The number of ether oxygens (including phenoxy) is 1. The van der Waals surface area contributed by atoms with E-state index in [1.807, 2.05) is 6.92 Å². The van der Waals surface area contributed by atoms with Crippen molar-refractivity contribution in [1.29, 1.82) is 0 Å². The molecular weight excluding hydrogens is 431 g/mol. The molecule has 164 valence electrons. The molecule has 1 aliphatic rings. The van der Waals surface area contributed by atoms with Gasteiger partial charge in [0.1, 0.15) is 17.6 Å². The second kappa shape index (κ2) is 9.11. The molecule has 1 unspecified atom stereocenters. The topological polar surface area (TPSA) is 58.0 Å². The number of aromatic nitrogens is 1. The summed E-state index contributed by atoms with van der Waals surface area (Å²) in [5.74, 6) is 0.177. The zero-order valence-corrected chi connectivity index (χ0v) is 17.7. The van der Waals surface area contributed by atoms with E-state index in [0.717, 1.165) is 17.7 Å². The quantitative estimate of drug-likeness (QED) is 0.547. The normalized spacial score (nSPS) is 15.9. The van der Waals surface area contributed by atoms with Crippen LogP contribution in [0.4, 0.5) is 13.2 Å². The van der Waals surface area contributed by atoms with Gasteiger partial charge in [0.15, 0.2) is 0 Å². The molecule has 31 heavy (non-hydrogen) atoms. The number of aliphatic imine (C=N–C) groups is 1. The van der Waals surface area contributed by atoms with Crippen LogP contribution in [-0.4, -0.2) is 34.0 Å². The first-order valence-corrected chi connectivity index (χ1v) is 9.88. The number of benzene rings is 1. The first-order valence-electron chi connectivity index (χ1n) is 9.50. The van der Waals surface area contributed by atoms with Crippen molar-refractivity contribution in [3.05, 3.63) is 82.6 Å². The van der Waals surface area contributed by atoms with Crippen LogP contribution in [0, 0.1) is 0 Å². The Kier molecular flexibility index (Phi) is 6.71. The van der Waals surface area contributed by atoms with E-state index in [4.69, 9.17) is 16.3 Å². The number of halogens is 4. The van der Waals surface area contributed by atoms with Crippen molar-refractivity contribution in [1.82, 2.24) is 9.88 Å². The largest absolute Gasteiger partial charge is 0.494 e. The summed E-state index contributed by atoms with van der Waals surface area (Å²) in [5.41, 5.74) is 0.476. The van der Waals surface area contributed by atoms with Gasteiger partial charge in [-0.3, -0.25) is 4.90 Å². The first kappa shape index (κ1) is 22.8. The number of rotatable bonds is 6. The third kappa shape index (κ3) is 5.08. The summed E-state index contributed by atoms with van der Waals surface area (Å²) in [4.78, 5) is 9.91. The Balaban J connectivity index is 1.83. The van der Waals surface area contributed by atoms with Crippen LogP contribution in [0.5, 0.6) is 0 Å². The monoisotopic (exact) mass is 451 g/mol. The second-order valence-electron chi connectivity index (χ2n) is 6.86. The summed E-state index contributed by atoms with van der Waals surface area (Å²) < 4.78 is 45.2. The minimum Gasteiger partial charge on any atom is -0.494 e. The number of hydrogen-bond donors (Lipinski definition) is 1. The Labute approximate surface area is 183 Å². The number of hydrogen-bond acceptors (Lipinski definition) is 5. The lowest BCUT2D eigenvalue weighted by molar-refractivity contribution is -0.137. The molecule has 1 aliphatic heterocycles. The third-order valence-corrected chi connectivity index (χ3v) is 5.04. The van der Waals surface area contributed by atoms with Gasteiger partial charge in [0.05, 0.1) is 22.9 Å². The van der Waals surface area contributed by atoms with E-state index in [1.54, 1.807) is 25.3 Å². The fourth-order valence-electron chi connectivity index (χ4n) is 3.17. The molecule has 1 aromatic carbocycles. The Hall–Kier alpha value is -2.84. The van der Waals surface area contributed by atoms with E-state index in [9.17, 15) is 18.3 Å². The van der Waals surface area contributed by atoms with Gasteiger partial charge in [-0.15, -0.1) is 0 Å². The highest BCUT2D eigenvalue weighted by atomic mass is 35.5. The summed E-state index contributed by atoms with van der Waals surface area (Å²) in [5, 5.41) is 11.2. The SMILES string of the molecule is C=C1N=C(COC(C)c2ccc(Cl)nc2)N(CC)C(O)=C1c1cccc(C(F)(F)F)c1. The van der Waals surface area contributed by atoms with Crippen molar-refractivity contribution in [2.24, 2.45) is 4.99 Å². The molecule has 2 heterocycles. The number of allylic oxidation sites excluding steroid dienone is 1. The molecule has 0 saturated carbocycles. The van der Waals surface area contributed by atoms with Crippen LogP contribution in [0.15, 0.2) is 65.7 Å². The molecule has 5 nitrogen and oxygen atoms in total. The molecule has 0 amide bonds. The van der Waals surface area contributed by atoms with E-state index in [0.29, 0.717) is 17.5 Å². The first-order chi connectivity index (χ1) is 14.6. The highest BCUT2D eigenvalue weighted by molar-refractivity contribution is 6.29. The summed E-state index contributed by atoms with van der Waals surface area (Å²) >= 11 is 5.80. The molecule has 0 aliphatic carbocycles. The zero-order valence-electron chi connectivity index (χ0n) is 16.9. The van der Waals surface area contributed by atoms with Crippen molar-refractivity contribution >= 4 is 23.0 Å². The van der Waals surface area contributed by atoms with E-state index >= 15 is 0 Å². The Bertz CT molecular complexity index is 1030. The third-order valence-electron chi connectivity index (χ3n) is 4.82. The maximum Gasteiger partial charge on any atom is 0.416 e. The van der Waals surface area contributed by atoms with Gasteiger partial charge in [0, 0.05) is 12.7 Å². The predicted molar refractivity (Wildman–Crippen MR) is 114 cm³/mol. The maximum absolute atomic E-state index is 13.1. The lowest BCUT2D eigenvalue weighted by Gasteiger charge is -2.30. The standard InChI is InChI=1S/C22H21ClF3N3O2/c1-4-29-19(12-31-14(3)16-8-9-18(23)27-11-16)28-13(2)20(21(29)30)15-6-5-7-17(10-15)22(24,25)26/h5-11,14,30H,2,4,12H2,1,3H3. The number of pyridine rings is 1. The van der Waals surface area contributed by atoms with Crippen LogP contribution in [0.1, 0.15) is 36.6 Å². The van der Waals surface area contributed by atoms with Crippen molar-refractivity contribution in [2.45, 2.75) is 26.1 Å². The zero-order chi connectivity index (χ0) is 22.8. The highest BCUT2D eigenvalue weighted by Gasteiger charge is 2.32. The molecule has 0 spiro atoms. The van der Waals surface area contributed by atoms with Gasteiger partial charge in [-0.05, 0) is 43.2 Å². The summed E-state index contributed by atoms with van der Waals surface area (Å²) in [6.07, 6.45) is -3.22. The van der Waals surface area contributed by atoms with Gasteiger partial charge < -0.3 is 9.84 Å². The average molecular weight is 452 g/mol. The van der Waals surface area contributed by atoms with Crippen LogP contribution < -0.4 is 0 Å². The maximum atomic E-state index is 13.1. The molecule has 1 N–H and O–H groups in total. The smallest absolute Gasteiger partial charge is 0.416 e. The fraction of sp³-hybridized carbons (Fsp3) is 0.273. The van der Waals surface area contributed by atoms with E-state index < -0.39 is 11.7 Å². The number of amidine groups is 1. The Morgan fingerprint density at radius 2 is 2.00 bits per heavy atom. The second-order valence-corrected chi connectivity index (χ2v) is 7.25. The number of alkyl halides is 3. The fourth-order valence-corrected chi connectivity index (χ4v) is 3.28. The average Bonchev–Trinajstić information content (AvgIpc) is 2.72. The Morgan fingerprint density at radius 3 is 2.61 bits per heavy atom. The molecule has 0 fully saturated rings. The molecule has 1 atom stereocenters. The van der Waals surface area contributed by atoms with Crippen molar-refractivity contribution in [3.63, 3.8) is 0 Å². The molecule has 1 aromatic heterocycles. The number of nitrogens with zero attached hydrogens (tertiary/aromatic N) is 3. The highest BCUT2D eigenvalue weighted by Crippen LogP contribution is 2.35. The summed E-state index contributed by atoms with van der Waals surface area (Å²) in [6, 6.07) is 8.16. The molecule has 0 bridgehead atoms. The van der Waals surface area contributed by atoms with Gasteiger partial charge in [-0.2, -0.15) is 13.2 Å². The molecule has 3 rings (SSSR count). The van der Waals surface area contributed by atoms with E-state index in [2.05, 4.69) is 16.6 Å². The van der Waals surface area contributed by atoms with Gasteiger partial charge in [-0.1, -0.05) is 36.4 Å². The molecule has 0 saturated heterocycles. The molecule has 9 heteroatoms.